The van der Waals surface area contributed by atoms with E-state index in [9.17, 15) is 0 Å². The quantitative estimate of drug-likeness (QED) is 0.585. The summed E-state index contributed by atoms with van der Waals surface area (Å²) in [4.78, 5) is 0. The zero-order chi connectivity index (χ0) is 21.1. The molecule has 2 nitrogen and oxygen atoms in total. The fourth-order valence-electron chi connectivity index (χ4n) is 4.51. The average Bonchev–Trinajstić information content (AvgIpc) is 2.69. The van der Waals surface area contributed by atoms with Crippen molar-refractivity contribution in [2.45, 2.75) is 65.2 Å². The summed E-state index contributed by atoms with van der Waals surface area (Å²) in [5.74, 6) is 0.909. The fourth-order valence-corrected chi connectivity index (χ4v) is 9.23. The summed E-state index contributed by atoms with van der Waals surface area (Å²) in [6.45, 7) is 13.8. The second-order valence-electron chi connectivity index (χ2n) is 9.74. The number of ether oxygens (including phenoxy) is 1. The SMILES string of the molecule is CC(C)C[C@H]1OC=C[C@H](O[Si](c2ccccc2)(c2ccccc2)C(C)(C)C)[C@@H]1C. The minimum Gasteiger partial charge on any atom is -0.498 e. The standard InChI is InChI=1S/C26H36O2Si/c1-20(2)19-25-21(3)24(17-18-27-25)28-29(26(4,5)6,22-13-9-7-10-14-22)23-15-11-8-12-16-23/h7-18,20-21,24-25H,19H2,1-6H3/t21-,24-,25+/m0/s1. The molecule has 0 bridgehead atoms. The molecule has 0 saturated carbocycles. The molecule has 0 radical (unpaired) electrons. The summed E-state index contributed by atoms with van der Waals surface area (Å²) in [5, 5.41) is 2.63. The summed E-state index contributed by atoms with van der Waals surface area (Å²) in [6.07, 6.45) is 5.28. The van der Waals surface area contributed by atoms with Crippen LogP contribution in [0, 0.1) is 11.8 Å². The second-order valence-corrected chi connectivity index (χ2v) is 14.0. The summed E-state index contributed by atoms with van der Waals surface area (Å²) >= 11 is 0. The van der Waals surface area contributed by atoms with Gasteiger partial charge < -0.3 is 9.16 Å². The van der Waals surface area contributed by atoms with Gasteiger partial charge in [0.05, 0.1) is 12.4 Å². The van der Waals surface area contributed by atoms with Gasteiger partial charge in [-0.05, 0) is 33.8 Å². The molecule has 0 N–H and O–H groups in total. The fraction of sp³-hybridized carbons (Fsp3) is 0.462. The third-order valence-corrected chi connectivity index (χ3v) is 11.1. The molecule has 0 saturated heterocycles. The lowest BCUT2D eigenvalue weighted by Crippen LogP contribution is -2.68. The third-order valence-electron chi connectivity index (χ3n) is 6.06. The lowest BCUT2D eigenvalue weighted by atomic mass is 9.90. The van der Waals surface area contributed by atoms with E-state index in [1.54, 1.807) is 0 Å². The van der Waals surface area contributed by atoms with Crippen LogP contribution in [0.15, 0.2) is 73.0 Å². The highest BCUT2D eigenvalue weighted by Crippen LogP contribution is 2.39. The predicted octanol–water partition coefficient (Wildman–Crippen LogP) is 5.53. The minimum atomic E-state index is -2.55. The van der Waals surface area contributed by atoms with E-state index in [0.29, 0.717) is 11.8 Å². The first kappa shape index (κ1) is 21.9. The summed E-state index contributed by atoms with van der Waals surface area (Å²) in [7, 11) is -2.55. The van der Waals surface area contributed by atoms with Gasteiger partial charge in [0.25, 0.3) is 8.32 Å². The topological polar surface area (TPSA) is 18.5 Å². The summed E-state index contributed by atoms with van der Waals surface area (Å²) < 4.78 is 13.3. The van der Waals surface area contributed by atoms with E-state index in [-0.39, 0.29) is 17.2 Å². The molecular weight excluding hydrogens is 372 g/mol. The van der Waals surface area contributed by atoms with Gasteiger partial charge in [0.15, 0.2) is 0 Å². The van der Waals surface area contributed by atoms with Crippen molar-refractivity contribution in [3.8, 4) is 0 Å². The molecule has 29 heavy (non-hydrogen) atoms. The molecule has 156 valence electrons. The van der Waals surface area contributed by atoms with Gasteiger partial charge in [-0.25, -0.2) is 0 Å². The van der Waals surface area contributed by atoms with E-state index < -0.39 is 8.32 Å². The van der Waals surface area contributed by atoms with Gasteiger partial charge in [0.1, 0.15) is 6.10 Å². The number of hydrogen-bond donors (Lipinski definition) is 0. The first-order valence-corrected chi connectivity index (χ1v) is 12.8. The molecule has 3 rings (SSSR count). The maximum absolute atomic E-state index is 7.31. The molecule has 0 amide bonds. The molecule has 3 atom stereocenters. The Kier molecular flexibility index (Phi) is 6.70. The zero-order valence-corrected chi connectivity index (χ0v) is 19.8. The monoisotopic (exact) mass is 408 g/mol. The van der Waals surface area contributed by atoms with Crippen molar-refractivity contribution in [2.24, 2.45) is 11.8 Å². The molecule has 0 aromatic heterocycles. The van der Waals surface area contributed by atoms with Crippen LogP contribution in [0.5, 0.6) is 0 Å². The summed E-state index contributed by atoms with van der Waals surface area (Å²) in [5.41, 5.74) is 0. The van der Waals surface area contributed by atoms with Crippen LogP contribution in [-0.4, -0.2) is 20.5 Å². The van der Waals surface area contributed by atoms with E-state index >= 15 is 0 Å². The van der Waals surface area contributed by atoms with Crippen LogP contribution in [0.2, 0.25) is 5.04 Å². The van der Waals surface area contributed by atoms with Crippen molar-refractivity contribution in [3.05, 3.63) is 73.0 Å². The predicted molar refractivity (Wildman–Crippen MR) is 125 cm³/mol. The Balaban J connectivity index is 2.09. The molecule has 1 aliphatic rings. The average molecular weight is 409 g/mol. The van der Waals surface area contributed by atoms with Gasteiger partial charge in [-0.3, -0.25) is 0 Å². The lowest BCUT2D eigenvalue weighted by Gasteiger charge is -2.47. The van der Waals surface area contributed by atoms with Crippen molar-refractivity contribution < 1.29 is 9.16 Å². The van der Waals surface area contributed by atoms with E-state index in [2.05, 4.69) is 108 Å². The summed E-state index contributed by atoms with van der Waals surface area (Å²) in [6, 6.07) is 21.7. The highest BCUT2D eigenvalue weighted by atomic mass is 28.4. The molecule has 0 aliphatic carbocycles. The molecule has 3 heteroatoms. The Bertz CT molecular complexity index is 753. The van der Waals surface area contributed by atoms with Crippen LogP contribution in [0.25, 0.3) is 0 Å². The zero-order valence-electron chi connectivity index (χ0n) is 18.8. The van der Waals surface area contributed by atoms with Crippen molar-refractivity contribution in [1.29, 1.82) is 0 Å². The van der Waals surface area contributed by atoms with Crippen molar-refractivity contribution in [2.75, 3.05) is 0 Å². The Morgan fingerprint density at radius 1 is 0.931 bits per heavy atom. The maximum atomic E-state index is 7.31. The molecule has 2 aromatic carbocycles. The Morgan fingerprint density at radius 3 is 1.90 bits per heavy atom. The van der Waals surface area contributed by atoms with Gasteiger partial charge in [0.2, 0.25) is 0 Å². The third kappa shape index (κ3) is 4.51. The molecule has 2 aromatic rings. The van der Waals surface area contributed by atoms with E-state index in [4.69, 9.17) is 9.16 Å². The molecule has 0 spiro atoms. The van der Waals surface area contributed by atoms with Crippen LogP contribution in [0.4, 0.5) is 0 Å². The first-order valence-electron chi connectivity index (χ1n) is 10.9. The first-order chi connectivity index (χ1) is 13.8. The van der Waals surface area contributed by atoms with E-state index in [0.717, 1.165) is 6.42 Å². The van der Waals surface area contributed by atoms with Crippen LogP contribution in [-0.2, 0) is 9.16 Å². The van der Waals surface area contributed by atoms with Crippen LogP contribution < -0.4 is 10.4 Å². The van der Waals surface area contributed by atoms with Gasteiger partial charge in [-0.15, -0.1) is 0 Å². The van der Waals surface area contributed by atoms with Gasteiger partial charge in [0, 0.05) is 5.92 Å². The van der Waals surface area contributed by atoms with Crippen LogP contribution >= 0.6 is 0 Å². The molecule has 1 heterocycles. The smallest absolute Gasteiger partial charge is 0.261 e. The van der Waals surface area contributed by atoms with Gasteiger partial charge in [-0.2, -0.15) is 0 Å². The van der Waals surface area contributed by atoms with Crippen molar-refractivity contribution in [1.82, 2.24) is 0 Å². The van der Waals surface area contributed by atoms with E-state index in [1.807, 2.05) is 6.26 Å². The highest BCUT2D eigenvalue weighted by Gasteiger charge is 2.52. The van der Waals surface area contributed by atoms with Crippen LogP contribution in [0.3, 0.4) is 0 Å². The number of rotatable bonds is 6. The minimum absolute atomic E-state index is 0.0187. The second kappa shape index (κ2) is 8.89. The normalized spacial score (nSPS) is 22.5. The lowest BCUT2D eigenvalue weighted by molar-refractivity contribution is 0.00646. The Morgan fingerprint density at radius 2 is 1.45 bits per heavy atom. The number of benzene rings is 2. The number of hydrogen-bond acceptors (Lipinski definition) is 2. The highest BCUT2D eigenvalue weighted by molar-refractivity contribution is 6.99. The van der Waals surface area contributed by atoms with Gasteiger partial charge in [-0.1, -0.05) is 102 Å². The largest absolute Gasteiger partial charge is 0.498 e. The Labute approximate surface area is 178 Å². The van der Waals surface area contributed by atoms with E-state index in [1.165, 1.54) is 10.4 Å². The van der Waals surface area contributed by atoms with Crippen molar-refractivity contribution in [3.63, 3.8) is 0 Å². The molecule has 1 aliphatic heterocycles. The van der Waals surface area contributed by atoms with Gasteiger partial charge >= 0.3 is 0 Å². The maximum Gasteiger partial charge on any atom is 0.261 e. The molecule has 0 fully saturated rings. The van der Waals surface area contributed by atoms with Crippen molar-refractivity contribution >= 4 is 18.7 Å². The molecule has 0 unspecified atom stereocenters. The Hall–Kier alpha value is -1.84. The van der Waals surface area contributed by atoms with Crippen LogP contribution in [0.1, 0.15) is 48.0 Å². The molecular formula is C26H36O2Si.